The molecular weight excluding hydrogens is 126 g/mol. The summed E-state index contributed by atoms with van der Waals surface area (Å²) in [6.07, 6.45) is 4.20. The highest BCUT2D eigenvalue weighted by Crippen LogP contribution is 2.08. The van der Waals surface area contributed by atoms with Crippen LogP contribution in [-0.2, 0) is 0 Å². The first-order valence-electron chi connectivity index (χ1n) is 4.01. The van der Waals surface area contributed by atoms with Gasteiger partial charge < -0.3 is 10.0 Å². The Bertz CT molecular complexity index is 93.3. The van der Waals surface area contributed by atoms with Crippen LogP contribution in [-0.4, -0.2) is 35.7 Å². The summed E-state index contributed by atoms with van der Waals surface area (Å²) in [7, 11) is 0. The van der Waals surface area contributed by atoms with Gasteiger partial charge in [-0.2, -0.15) is 0 Å². The Morgan fingerprint density at radius 3 is 3.10 bits per heavy atom. The van der Waals surface area contributed by atoms with E-state index in [0.717, 1.165) is 32.5 Å². The third-order valence-corrected chi connectivity index (χ3v) is 1.92. The predicted octanol–water partition coefficient (Wildman–Crippen LogP) is 0.667. The zero-order valence-corrected chi connectivity index (χ0v) is 6.58. The fourth-order valence-electron chi connectivity index (χ4n) is 1.46. The van der Waals surface area contributed by atoms with E-state index in [4.69, 9.17) is 0 Å². The number of piperidine rings is 1. The lowest BCUT2D eigenvalue weighted by Gasteiger charge is -2.29. The fraction of sp³-hybridized carbons (Fsp3) is 0.875. The molecule has 0 aliphatic carbocycles. The summed E-state index contributed by atoms with van der Waals surface area (Å²) in [6, 6.07) is 0. The average Bonchev–Trinajstić information content (AvgIpc) is 1.88. The van der Waals surface area contributed by atoms with Crippen LogP contribution in [0.25, 0.3) is 0 Å². The summed E-state index contributed by atoms with van der Waals surface area (Å²) in [5.41, 5.74) is 0. The molecular formula is C8H16NO. The topological polar surface area (TPSA) is 23.5 Å². The Hall–Kier alpha value is -0.0800. The van der Waals surface area contributed by atoms with E-state index < -0.39 is 0 Å². The maximum Gasteiger partial charge on any atom is 0.0667 e. The number of hydrogen-bond donors (Lipinski definition) is 1. The van der Waals surface area contributed by atoms with E-state index in [1.165, 1.54) is 0 Å². The van der Waals surface area contributed by atoms with Crippen LogP contribution < -0.4 is 0 Å². The number of β-amino-alcohol motifs (C(OH)–C–C–N with tert-alkyl or cyclic N) is 1. The van der Waals surface area contributed by atoms with Crippen molar-refractivity contribution >= 4 is 0 Å². The summed E-state index contributed by atoms with van der Waals surface area (Å²) in [5.74, 6) is 0. The summed E-state index contributed by atoms with van der Waals surface area (Å²) in [6.45, 7) is 5.10. The highest BCUT2D eigenvalue weighted by Gasteiger charge is 2.15. The molecule has 1 atom stereocenters. The number of likely N-dealkylation sites (tertiary alicyclic amines) is 1. The van der Waals surface area contributed by atoms with Gasteiger partial charge in [0.15, 0.2) is 0 Å². The van der Waals surface area contributed by atoms with Gasteiger partial charge in [0, 0.05) is 13.1 Å². The molecule has 1 heterocycles. The van der Waals surface area contributed by atoms with Gasteiger partial charge in [-0.15, -0.1) is 0 Å². The van der Waals surface area contributed by atoms with Gasteiger partial charge in [-0.1, -0.05) is 6.92 Å². The zero-order chi connectivity index (χ0) is 7.40. The smallest absolute Gasteiger partial charge is 0.0667 e. The molecule has 0 amide bonds. The van der Waals surface area contributed by atoms with E-state index in [2.05, 4.69) is 18.2 Å². The van der Waals surface area contributed by atoms with Crippen LogP contribution in [0.5, 0.6) is 0 Å². The summed E-state index contributed by atoms with van der Waals surface area (Å²) >= 11 is 0. The molecule has 1 N–H and O–H groups in total. The molecule has 0 bridgehead atoms. The van der Waals surface area contributed by atoms with Crippen LogP contribution in [0.2, 0.25) is 0 Å². The first-order chi connectivity index (χ1) is 4.83. The van der Waals surface area contributed by atoms with E-state index in [-0.39, 0.29) is 6.10 Å². The largest absolute Gasteiger partial charge is 0.392 e. The molecule has 1 radical (unpaired) electrons. The van der Waals surface area contributed by atoms with Crippen LogP contribution in [0, 0.1) is 6.42 Å². The van der Waals surface area contributed by atoms with Crippen LogP contribution >= 0.6 is 0 Å². The van der Waals surface area contributed by atoms with Gasteiger partial charge in [-0.3, -0.25) is 0 Å². The monoisotopic (exact) mass is 142 g/mol. The number of nitrogens with zero attached hydrogens (tertiary/aromatic N) is 1. The van der Waals surface area contributed by atoms with Crippen molar-refractivity contribution in [3.05, 3.63) is 6.42 Å². The molecule has 0 aromatic rings. The maximum atomic E-state index is 9.25. The van der Waals surface area contributed by atoms with E-state index in [0.29, 0.717) is 0 Å². The quantitative estimate of drug-likeness (QED) is 0.612. The molecule has 1 unspecified atom stereocenters. The second kappa shape index (κ2) is 3.94. The molecule has 0 saturated carbocycles. The van der Waals surface area contributed by atoms with Gasteiger partial charge in [-0.05, 0) is 25.8 Å². The minimum atomic E-state index is -0.0753. The van der Waals surface area contributed by atoms with Gasteiger partial charge in [0.2, 0.25) is 0 Å². The lowest BCUT2D eigenvalue weighted by atomic mass is 10.1. The van der Waals surface area contributed by atoms with Gasteiger partial charge in [0.05, 0.1) is 6.10 Å². The lowest BCUT2D eigenvalue weighted by molar-refractivity contribution is 0.0753. The zero-order valence-electron chi connectivity index (χ0n) is 6.58. The van der Waals surface area contributed by atoms with E-state index in [9.17, 15) is 5.11 Å². The van der Waals surface area contributed by atoms with Crippen molar-refractivity contribution in [3.8, 4) is 0 Å². The third kappa shape index (κ3) is 2.27. The van der Waals surface area contributed by atoms with Crippen LogP contribution in [0.3, 0.4) is 0 Å². The van der Waals surface area contributed by atoms with Crippen molar-refractivity contribution in [1.29, 1.82) is 0 Å². The molecule has 2 nitrogen and oxygen atoms in total. The van der Waals surface area contributed by atoms with Gasteiger partial charge in [-0.25, -0.2) is 0 Å². The molecule has 59 valence electrons. The van der Waals surface area contributed by atoms with Crippen molar-refractivity contribution in [3.63, 3.8) is 0 Å². The Morgan fingerprint density at radius 1 is 1.70 bits per heavy atom. The molecule has 0 aromatic carbocycles. The Kier molecular flexibility index (Phi) is 3.16. The van der Waals surface area contributed by atoms with Crippen molar-refractivity contribution in [2.75, 3.05) is 19.6 Å². The Balaban J connectivity index is 2.18. The number of hydrogen-bond acceptors (Lipinski definition) is 2. The molecule has 1 saturated heterocycles. The summed E-state index contributed by atoms with van der Waals surface area (Å²) in [5, 5.41) is 9.25. The average molecular weight is 142 g/mol. The maximum absolute atomic E-state index is 9.25. The standard InChI is InChI=1S/C8H16NO/c1-2-5-9-6-3-4-8(10)7-9/h2,8,10H,3-7H2,1H3. The SMILES string of the molecule is C[CH]CN1CCCC(O)C1. The molecule has 1 aliphatic heterocycles. The third-order valence-electron chi connectivity index (χ3n) is 1.92. The van der Waals surface area contributed by atoms with Crippen molar-refractivity contribution in [2.24, 2.45) is 0 Å². The molecule has 1 rings (SSSR count). The summed E-state index contributed by atoms with van der Waals surface area (Å²) in [4.78, 5) is 2.29. The van der Waals surface area contributed by atoms with Crippen LogP contribution in [0.15, 0.2) is 0 Å². The fourth-order valence-corrected chi connectivity index (χ4v) is 1.46. The van der Waals surface area contributed by atoms with E-state index in [1.54, 1.807) is 0 Å². The molecule has 0 spiro atoms. The van der Waals surface area contributed by atoms with Crippen LogP contribution in [0.1, 0.15) is 19.8 Å². The minimum absolute atomic E-state index is 0.0753. The lowest BCUT2D eigenvalue weighted by Crippen LogP contribution is -2.38. The van der Waals surface area contributed by atoms with Crippen molar-refractivity contribution in [1.82, 2.24) is 4.90 Å². The Labute approximate surface area is 62.8 Å². The first kappa shape index (κ1) is 8.02. The molecule has 10 heavy (non-hydrogen) atoms. The van der Waals surface area contributed by atoms with Crippen molar-refractivity contribution in [2.45, 2.75) is 25.9 Å². The normalized spacial score (nSPS) is 28.8. The second-order valence-corrected chi connectivity index (χ2v) is 2.96. The van der Waals surface area contributed by atoms with Gasteiger partial charge in [0.1, 0.15) is 0 Å². The number of rotatable bonds is 2. The highest BCUT2D eigenvalue weighted by molar-refractivity contribution is 4.74. The highest BCUT2D eigenvalue weighted by atomic mass is 16.3. The van der Waals surface area contributed by atoms with E-state index >= 15 is 0 Å². The Morgan fingerprint density at radius 2 is 2.50 bits per heavy atom. The molecule has 0 aromatic heterocycles. The van der Waals surface area contributed by atoms with E-state index in [1.807, 2.05) is 0 Å². The molecule has 2 heteroatoms. The molecule has 1 aliphatic rings. The first-order valence-corrected chi connectivity index (χ1v) is 4.01. The number of aliphatic hydroxyl groups is 1. The summed E-state index contributed by atoms with van der Waals surface area (Å²) < 4.78 is 0. The minimum Gasteiger partial charge on any atom is -0.392 e. The van der Waals surface area contributed by atoms with Gasteiger partial charge in [0.25, 0.3) is 0 Å². The second-order valence-electron chi connectivity index (χ2n) is 2.96. The van der Waals surface area contributed by atoms with Gasteiger partial charge >= 0.3 is 0 Å². The molecule has 1 fully saturated rings. The van der Waals surface area contributed by atoms with Crippen LogP contribution in [0.4, 0.5) is 0 Å². The predicted molar refractivity (Wildman–Crippen MR) is 41.7 cm³/mol. The number of aliphatic hydroxyl groups excluding tert-OH is 1. The van der Waals surface area contributed by atoms with Crippen molar-refractivity contribution < 1.29 is 5.11 Å².